The van der Waals surface area contributed by atoms with Crippen molar-refractivity contribution in [2.45, 2.75) is 224 Å². The number of fused-ring (bicyclic) bond motifs is 3. The van der Waals surface area contributed by atoms with Crippen LogP contribution in [0.3, 0.4) is 0 Å². The van der Waals surface area contributed by atoms with Crippen LogP contribution >= 0.6 is 0 Å². The maximum atomic E-state index is 2.39. The summed E-state index contributed by atoms with van der Waals surface area (Å²) in [6, 6.07) is 23.0. The summed E-state index contributed by atoms with van der Waals surface area (Å²) in [5.74, 6) is 0. The first-order valence-corrected chi connectivity index (χ1v) is 21.0. The van der Waals surface area contributed by atoms with E-state index in [1.54, 1.807) is 44.5 Å². The minimum Gasteiger partial charge on any atom is -0.0776 e. The summed E-state index contributed by atoms with van der Waals surface area (Å²) in [7, 11) is 0. The Morgan fingerprint density at radius 1 is 0.268 bits per heavy atom. The molecule has 0 nitrogen and oxygen atoms in total. The van der Waals surface area contributed by atoms with Gasteiger partial charge in [-0.05, 0) is 144 Å². The Morgan fingerprint density at radius 3 is 0.679 bits per heavy atom. The zero-order chi connectivity index (χ0) is 39.9. The van der Waals surface area contributed by atoms with Crippen LogP contribution in [-0.2, 0) is 58.2 Å². The maximum Gasteiger partial charge on any atom is -0.0126 e. The van der Waals surface area contributed by atoms with Crippen LogP contribution in [0.15, 0.2) is 60.7 Å². The highest BCUT2D eigenvalue weighted by Gasteiger charge is 2.29. The molecule has 4 aromatic rings. The van der Waals surface area contributed by atoms with Gasteiger partial charge in [-0.3, -0.25) is 0 Å². The zero-order valence-electron chi connectivity index (χ0n) is 37.7. The van der Waals surface area contributed by atoms with Crippen LogP contribution in [0.1, 0.15) is 222 Å². The molecule has 0 fully saturated rings. The SMILES string of the molecule is C.C.C.CC(C)(C)c1ccc(C(C)(C)C)c2c1CCC2.CC(C)(C)c1ccc(C(C)(C)C)c2c1CCCC2.CC(C)(C)c1ccc(C(C)(C)C)c2ccccc12. The van der Waals surface area contributed by atoms with Gasteiger partial charge in [0, 0.05) is 0 Å². The third-order valence-corrected chi connectivity index (χ3v) is 11.6. The molecule has 0 bridgehead atoms. The molecule has 0 amide bonds. The molecule has 2 aliphatic rings. The van der Waals surface area contributed by atoms with Crippen LogP contribution in [0.25, 0.3) is 10.8 Å². The van der Waals surface area contributed by atoms with Crippen molar-refractivity contribution in [3.63, 3.8) is 0 Å². The maximum absolute atomic E-state index is 2.39. The summed E-state index contributed by atoms with van der Waals surface area (Å²) < 4.78 is 0. The Labute approximate surface area is 350 Å². The summed E-state index contributed by atoms with van der Waals surface area (Å²) in [4.78, 5) is 0. The molecule has 0 atom stereocenters. The van der Waals surface area contributed by atoms with Crippen LogP contribution < -0.4 is 0 Å². The lowest BCUT2D eigenvalue weighted by Crippen LogP contribution is -2.23. The predicted octanol–water partition coefficient (Wildman–Crippen LogP) is 17.3. The fourth-order valence-corrected chi connectivity index (χ4v) is 8.99. The summed E-state index contributed by atoms with van der Waals surface area (Å²) in [6.45, 7) is 41.7. The van der Waals surface area contributed by atoms with E-state index in [0.29, 0.717) is 0 Å². The summed E-state index contributed by atoms with van der Waals surface area (Å²) in [6.07, 6.45) is 9.20. The van der Waals surface area contributed by atoms with E-state index in [1.165, 1.54) is 66.8 Å². The first kappa shape index (κ1) is 51.2. The van der Waals surface area contributed by atoms with Crippen molar-refractivity contribution in [2.24, 2.45) is 0 Å². The molecule has 0 radical (unpaired) electrons. The zero-order valence-corrected chi connectivity index (χ0v) is 37.7. The molecule has 0 unspecified atom stereocenters. The van der Waals surface area contributed by atoms with E-state index in [4.69, 9.17) is 0 Å². The number of benzene rings is 4. The highest BCUT2D eigenvalue weighted by Crippen LogP contribution is 2.41. The van der Waals surface area contributed by atoms with E-state index >= 15 is 0 Å². The van der Waals surface area contributed by atoms with Gasteiger partial charge < -0.3 is 0 Å². The van der Waals surface area contributed by atoms with Gasteiger partial charge in [-0.1, -0.05) is 208 Å². The predicted molar refractivity (Wildman–Crippen MR) is 258 cm³/mol. The van der Waals surface area contributed by atoms with E-state index in [1.807, 2.05) is 0 Å². The summed E-state index contributed by atoms with van der Waals surface area (Å²) >= 11 is 0. The summed E-state index contributed by atoms with van der Waals surface area (Å²) in [5, 5.41) is 2.80. The highest BCUT2D eigenvalue weighted by atomic mass is 14.3. The molecule has 314 valence electrons. The topological polar surface area (TPSA) is 0 Å². The van der Waals surface area contributed by atoms with Gasteiger partial charge in [-0.25, -0.2) is 0 Å². The van der Waals surface area contributed by atoms with Crippen LogP contribution in [0, 0.1) is 0 Å². The summed E-state index contributed by atoms with van der Waals surface area (Å²) in [5.41, 5.74) is 17.3. The smallest absolute Gasteiger partial charge is 0.0126 e. The molecule has 6 rings (SSSR count). The molecular formula is C56H90. The van der Waals surface area contributed by atoms with Crippen LogP contribution in [-0.4, -0.2) is 0 Å². The van der Waals surface area contributed by atoms with Gasteiger partial charge in [-0.2, -0.15) is 0 Å². The van der Waals surface area contributed by atoms with Gasteiger partial charge in [0.15, 0.2) is 0 Å². The second kappa shape index (κ2) is 18.4. The third-order valence-electron chi connectivity index (χ3n) is 11.6. The number of hydrogen-bond donors (Lipinski definition) is 0. The molecule has 0 saturated heterocycles. The third kappa shape index (κ3) is 11.9. The molecular weight excluding hydrogens is 673 g/mol. The molecule has 0 heteroatoms. The molecule has 0 spiro atoms. The van der Waals surface area contributed by atoms with E-state index in [2.05, 4.69) is 185 Å². The fourth-order valence-electron chi connectivity index (χ4n) is 8.99. The lowest BCUT2D eigenvalue weighted by Gasteiger charge is -2.33. The first-order valence-electron chi connectivity index (χ1n) is 21.0. The monoisotopic (exact) mass is 763 g/mol. The standard InChI is InChI=1S/C18H28.C18H24.C17H26.3CH4/c2*1-17(2,3)15-11-12-16(18(4,5)6)14-10-8-7-9-13(14)15;1-16(2,3)14-10-11-15(17(4,5)6)13-9-7-8-12(13)14;;;/h11-12H,7-10H2,1-6H3;7-12H,1-6H3;10-11H,7-9H2,1-6H3;3*1H4. The molecule has 2 aliphatic carbocycles. The van der Waals surface area contributed by atoms with E-state index in [0.717, 1.165) is 0 Å². The normalized spacial score (nSPS) is 14.4. The van der Waals surface area contributed by atoms with E-state index in [9.17, 15) is 0 Å². The quantitative estimate of drug-likeness (QED) is 0.167. The van der Waals surface area contributed by atoms with Crippen molar-refractivity contribution in [1.29, 1.82) is 0 Å². The molecule has 4 aromatic carbocycles. The van der Waals surface area contributed by atoms with E-state index < -0.39 is 0 Å². The van der Waals surface area contributed by atoms with Gasteiger partial charge in [0.1, 0.15) is 0 Å². The van der Waals surface area contributed by atoms with Crippen molar-refractivity contribution in [1.82, 2.24) is 0 Å². The van der Waals surface area contributed by atoms with Gasteiger partial charge in [0.2, 0.25) is 0 Å². The minimum atomic E-state index is 0. The lowest BCUT2D eigenvalue weighted by atomic mass is 9.72. The van der Waals surface area contributed by atoms with Crippen LogP contribution in [0.2, 0.25) is 0 Å². The molecule has 0 heterocycles. The average Bonchev–Trinajstić information content (AvgIpc) is 3.51. The van der Waals surface area contributed by atoms with Gasteiger partial charge in [0.05, 0.1) is 0 Å². The number of hydrogen-bond acceptors (Lipinski definition) is 0. The Hall–Kier alpha value is -2.86. The van der Waals surface area contributed by atoms with Crippen LogP contribution in [0.4, 0.5) is 0 Å². The average molecular weight is 763 g/mol. The fraction of sp³-hybridized carbons (Fsp3) is 0.607. The van der Waals surface area contributed by atoms with Crippen molar-refractivity contribution in [2.75, 3.05) is 0 Å². The second-order valence-electron chi connectivity index (χ2n) is 22.5. The largest absolute Gasteiger partial charge is 0.0776 e. The Kier molecular flexibility index (Phi) is 16.8. The minimum absolute atomic E-state index is 0. The highest BCUT2D eigenvalue weighted by molar-refractivity contribution is 5.90. The molecule has 0 N–H and O–H groups in total. The van der Waals surface area contributed by atoms with Crippen molar-refractivity contribution < 1.29 is 0 Å². The number of rotatable bonds is 0. The lowest BCUT2D eigenvalue weighted by molar-refractivity contribution is 0.544. The van der Waals surface area contributed by atoms with Gasteiger partial charge in [0.25, 0.3) is 0 Å². The van der Waals surface area contributed by atoms with Crippen molar-refractivity contribution in [3.05, 3.63) is 116 Å². The molecule has 56 heavy (non-hydrogen) atoms. The van der Waals surface area contributed by atoms with Crippen molar-refractivity contribution in [3.8, 4) is 0 Å². The second-order valence-corrected chi connectivity index (χ2v) is 22.5. The van der Waals surface area contributed by atoms with Gasteiger partial charge >= 0.3 is 0 Å². The Balaban J connectivity index is 0.000000409. The van der Waals surface area contributed by atoms with Crippen LogP contribution in [0.5, 0.6) is 0 Å². The molecule has 0 aliphatic heterocycles. The first-order chi connectivity index (χ1) is 24.1. The Bertz CT molecular complexity index is 1730. The van der Waals surface area contributed by atoms with Gasteiger partial charge in [-0.15, -0.1) is 0 Å². The molecule has 0 aromatic heterocycles. The molecule has 0 saturated carbocycles. The van der Waals surface area contributed by atoms with E-state index in [-0.39, 0.29) is 54.8 Å². The Morgan fingerprint density at radius 2 is 0.464 bits per heavy atom. The van der Waals surface area contributed by atoms with Crippen molar-refractivity contribution >= 4 is 10.8 Å².